The highest BCUT2D eigenvalue weighted by molar-refractivity contribution is 7.99. The second-order valence-corrected chi connectivity index (χ2v) is 7.60. The van der Waals surface area contributed by atoms with Gasteiger partial charge in [0.05, 0.1) is 20.6 Å². The number of hydrogen-bond donors (Lipinski definition) is 1. The number of carbonyl (C=O) groups is 1. The van der Waals surface area contributed by atoms with Gasteiger partial charge in [0, 0.05) is 21.6 Å². The van der Waals surface area contributed by atoms with E-state index in [-0.39, 0.29) is 12.3 Å². The molecule has 1 aromatic rings. The van der Waals surface area contributed by atoms with Crippen LogP contribution in [0, 0.1) is 5.92 Å². The minimum Gasteiger partial charge on any atom is -0.496 e. The van der Waals surface area contributed by atoms with Crippen molar-refractivity contribution in [2.45, 2.75) is 49.2 Å². The summed E-state index contributed by atoms with van der Waals surface area (Å²) in [6.07, 6.45) is 2.27. The zero-order valence-corrected chi connectivity index (χ0v) is 14.4. The van der Waals surface area contributed by atoms with Gasteiger partial charge in [0.2, 0.25) is 0 Å². The molecule has 1 aliphatic carbocycles. The molecule has 1 aliphatic rings. The molecule has 1 unspecified atom stereocenters. The fourth-order valence-corrected chi connectivity index (χ4v) is 3.71. The number of rotatable bonds is 8. The lowest BCUT2D eigenvalue weighted by molar-refractivity contribution is -0.137. The van der Waals surface area contributed by atoms with E-state index in [1.54, 1.807) is 26.0 Å². The quantitative estimate of drug-likeness (QED) is 0.727. The fraction of sp³-hybridized carbons (Fsp3) is 0.588. The van der Waals surface area contributed by atoms with Gasteiger partial charge in [0.1, 0.15) is 11.5 Å². The minimum absolute atomic E-state index is 0.0412. The molecule has 0 bridgehead atoms. The smallest absolute Gasteiger partial charge is 0.303 e. The van der Waals surface area contributed by atoms with Gasteiger partial charge >= 0.3 is 5.97 Å². The van der Waals surface area contributed by atoms with Crippen molar-refractivity contribution in [2.24, 2.45) is 5.92 Å². The Morgan fingerprint density at radius 2 is 1.82 bits per heavy atom. The van der Waals surface area contributed by atoms with Gasteiger partial charge < -0.3 is 14.6 Å². The summed E-state index contributed by atoms with van der Waals surface area (Å²) in [6.45, 7) is 4.27. The van der Waals surface area contributed by atoms with E-state index in [1.165, 1.54) is 0 Å². The average Bonchev–Trinajstić information content (AvgIpc) is 3.27. The Labute approximate surface area is 136 Å². The molecular weight excluding hydrogens is 300 g/mol. The lowest BCUT2D eigenvalue weighted by Crippen LogP contribution is -2.11. The van der Waals surface area contributed by atoms with Gasteiger partial charge in [-0.2, -0.15) is 0 Å². The van der Waals surface area contributed by atoms with E-state index in [4.69, 9.17) is 9.47 Å². The van der Waals surface area contributed by atoms with Gasteiger partial charge in [0.25, 0.3) is 0 Å². The maximum absolute atomic E-state index is 11.2. The number of carboxylic acid groups (broad SMARTS) is 1. The van der Waals surface area contributed by atoms with E-state index >= 15 is 0 Å². The van der Waals surface area contributed by atoms with Crippen LogP contribution < -0.4 is 9.47 Å². The molecule has 122 valence electrons. The Morgan fingerprint density at radius 1 is 1.27 bits per heavy atom. The van der Waals surface area contributed by atoms with E-state index in [1.807, 2.05) is 12.1 Å². The third kappa shape index (κ3) is 4.09. The predicted molar refractivity (Wildman–Crippen MR) is 88.3 cm³/mol. The molecule has 0 heterocycles. The van der Waals surface area contributed by atoms with Crippen molar-refractivity contribution in [1.82, 2.24) is 0 Å². The molecule has 1 fully saturated rings. The van der Waals surface area contributed by atoms with E-state index in [2.05, 4.69) is 13.8 Å². The van der Waals surface area contributed by atoms with Crippen LogP contribution in [0.1, 0.15) is 44.6 Å². The summed E-state index contributed by atoms with van der Waals surface area (Å²) in [5.74, 6) is 1.07. The van der Waals surface area contributed by atoms with Crippen LogP contribution in [-0.4, -0.2) is 30.5 Å². The third-order valence-corrected chi connectivity index (χ3v) is 4.82. The Hall–Kier alpha value is -1.36. The molecule has 1 atom stereocenters. The molecule has 0 radical (unpaired) electrons. The number of benzene rings is 1. The van der Waals surface area contributed by atoms with Crippen molar-refractivity contribution >= 4 is 17.7 Å². The van der Waals surface area contributed by atoms with Gasteiger partial charge in [-0.05, 0) is 30.9 Å². The first kappa shape index (κ1) is 17.0. The third-order valence-electron chi connectivity index (χ3n) is 3.85. The Morgan fingerprint density at radius 3 is 2.18 bits per heavy atom. The van der Waals surface area contributed by atoms with Crippen molar-refractivity contribution in [3.8, 4) is 11.5 Å². The molecule has 4 nitrogen and oxygen atoms in total. The minimum atomic E-state index is -0.776. The highest BCUT2D eigenvalue weighted by Crippen LogP contribution is 2.51. The van der Waals surface area contributed by atoms with Crippen molar-refractivity contribution < 1.29 is 19.4 Å². The van der Waals surface area contributed by atoms with Crippen LogP contribution >= 0.6 is 11.8 Å². The summed E-state index contributed by atoms with van der Waals surface area (Å²) >= 11 is 1.74. The molecule has 1 N–H and O–H groups in total. The molecule has 0 aromatic heterocycles. The van der Waals surface area contributed by atoms with Crippen LogP contribution in [-0.2, 0) is 4.79 Å². The second kappa shape index (κ2) is 7.27. The first-order valence-corrected chi connectivity index (χ1v) is 8.48. The van der Waals surface area contributed by atoms with Gasteiger partial charge in [-0.1, -0.05) is 13.8 Å². The SMILES string of the molecule is COc1cc(SC(C)C)cc(OC)c1C(CC(=O)O)C1CC1. The van der Waals surface area contributed by atoms with E-state index in [9.17, 15) is 9.90 Å². The summed E-state index contributed by atoms with van der Waals surface area (Å²) < 4.78 is 11.1. The van der Waals surface area contributed by atoms with Crippen LogP contribution in [0.25, 0.3) is 0 Å². The van der Waals surface area contributed by atoms with Crippen LogP contribution in [0.4, 0.5) is 0 Å². The van der Waals surface area contributed by atoms with Crippen LogP contribution in [0.15, 0.2) is 17.0 Å². The highest BCUT2D eigenvalue weighted by atomic mass is 32.2. The van der Waals surface area contributed by atoms with Gasteiger partial charge in [-0.25, -0.2) is 0 Å². The molecule has 0 spiro atoms. The van der Waals surface area contributed by atoms with Crippen molar-refractivity contribution in [1.29, 1.82) is 0 Å². The molecule has 0 aliphatic heterocycles. The molecular formula is C17H24O4S. The van der Waals surface area contributed by atoms with Crippen LogP contribution in [0.2, 0.25) is 0 Å². The summed E-state index contributed by atoms with van der Waals surface area (Å²) in [5.41, 5.74) is 0.906. The molecule has 0 saturated heterocycles. The first-order valence-electron chi connectivity index (χ1n) is 7.60. The van der Waals surface area contributed by atoms with E-state index in [0.29, 0.717) is 11.2 Å². The maximum Gasteiger partial charge on any atom is 0.303 e. The molecule has 2 rings (SSSR count). The largest absolute Gasteiger partial charge is 0.496 e. The molecule has 1 aromatic carbocycles. The second-order valence-electron chi connectivity index (χ2n) is 5.95. The summed E-state index contributed by atoms with van der Waals surface area (Å²) in [6, 6.07) is 4.00. The Kier molecular flexibility index (Phi) is 5.62. The number of methoxy groups -OCH3 is 2. The molecule has 5 heteroatoms. The highest BCUT2D eigenvalue weighted by Gasteiger charge is 2.37. The van der Waals surface area contributed by atoms with Gasteiger partial charge in [-0.3, -0.25) is 4.79 Å². The molecule has 0 amide bonds. The standard InChI is InChI=1S/C17H24O4S/c1-10(2)22-12-7-14(20-3)17(15(8-12)21-4)13(9-16(18)19)11-5-6-11/h7-8,10-11,13H,5-6,9H2,1-4H3,(H,18,19). The first-order chi connectivity index (χ1) is 10.5. The lowest BCUT2D eigenvalue weighted by atomic mass is 9.89. The topological polar surface area (TPSA) is 55.8 Å². The maximum atomic E-state index is 11.2. The van der Waals surface area contributed by atoms with Crippen molar-refractivity contribution in [3.63, 3.8) is 0 Å². The summed E-state index contributed by atoms with van der Waals surface area (Å²) in [5, 5.41) is 9.69. The van der Waals surface area contributed by atoms with Gasteiger partial charge in [0.15, 0.2) is 0 Å². The molecule has 22 heavy (non-hydrogen) atoms. The monoisotopic (exact) mass is 324 g/mol. The van der Waals surface area contributed by atoms with Crippen molar-refractivity contribution in [2.75, 3.05) is 14.2 Å². The van der Waals surface area contributed by atoms with Crippen LogP contribution in [0.5, 0.6) is 11.5 Å². The average molecular weight is 324 g/mol. The molecule has 1 saturated carbocycles. The van der Waals surface area contributed by atoms with Gasteiger partial charge in [-0.15, -0.1) is 11.8 Å². The number of thioether (sulfide) groups is 1. The van der Waals surface area contributed by atoms with Crippen LogP contribution in [0.3, 0.4) is 0 Å². The lowest BCUT2D eigenvalue weighted by Gasteiger charge is -2.22. The zero-order chi connectivity index (χ0) is 16.3. The fourth-order valence-electron chi connectivity index (χ4n) is 2.81. The number of hydrogen-bond acceptors (Lipinski definition) is 4. The summed E-state index contributed by atoms with van der Waals surface area (Å²) in [7, 11) is 3.26. The Balaban J connectivity index is 2.45. The number of ether oxygens (including phenoxy) is 2. The predicted octanol–water partition coefficient (Wildman–Crippen LogP) is 4.17. The van der Waals surface area contributed by atoms with Crippen molar-refractivity contribution in [3.05, 3.63) is 17.7 Å². The summed E-state index contributed by atoms with van der Waals surface area (Å²) in [4.78, 5) is 12.3. The number of aliphatic carboxylic acids is 1. The number of carboxylic acids is 1. The zero-order valence-electron chi connectivity index (χ0n) is 13.6. The van der Waals surface area contributed by atoms with E-state index < -0.39 is 5.97 Å². The Bertz CT molecular complexity index is 512. The van der Waals surface area contributed by atoms with E-state index in [0.717, 1.165) is 34.8 Å². The normalized spacial score (nSPS) is 15.7.